The first kappa shape index (κ1) is 18.3. The number of benzene rings is 1. The van der Waals surface area contributed by atoms with Gasteiger partial charge < -0.3 is 15.5 Å². The first-order chi connectivity index (χ1) is 9.96. The summed E-state index contributed by atoms with van der Waals surface area (Å²) in [6.07, 6.45) is -5.78. The molecule has 3 N–H and O–H groups in total. The molecule has 0 heterocycles. The van der Waals surface area contributed by atoms with Crippen molar-refractivity contribution >= 4 is 6.09 Å². The summed E-state index contributed by atoms with van der Waals surface area (Å²) in [5.74, 6) is -0.779. The zero-order valence-electron chi connectivity index (χ0n) is 12.6. The molecule has 4 nitrogen and oxygen atoms in total. The second-order valence-electron chi connectivity index (χ2n) is 6.21. The molecule has 22 heavy (non-hydrogen) atoms. The van der Waals surface area contributed by atoms with Crippen molar-refractivity contribution in [3.8, 4) is 0 Å². The van der Waals surface area contributed by atoms with Crippen molar-refractivity contribution in [1.82, 2.24) is 5.32 Å². The molecule has 0 radical (unpaired) electrons. The van der Waals surface area contributed by atoms with Crippen LogP contribution in [-0.2, 0) is 6.18 Å². The van der Waals surface area contributed by atoms with Gasteiger partial charge in [-0.25, -0.2) is 4.79 Å². The number of amides is 1. The lowest BCUT2D eigenvalue weighted by atomic mass is 9.76. The van der Waals surface area contributed by atoms with E-state index in [4.69, 9.17) is 5.11 Å². The summed E-state index contributed by atoms with van der Waals surface area (Å²) in [5, 5.41) is 20.9. The van der Waals surface area contributed by atoms with Crippen LogP contribution in [0.4, 0.5) is 18.0 Å². The Balaban J connectivity index is 3.25. The highest BCUT2D eigenvalue weighted by atomic mass is 19.4. The van der Waals surface area contributed by atoms with Gasteiger partial charge in [-0.3, -0.25) is 0 Å². The van der Waals surface area contributed by atoms with Gasteiger partial charge in [-0.1, -0.05) is 39.0 Å². The Morgan fingerprint density at radius 2 is 1.86 bits per heavy atom. The third-order valence-electron chi connectivity index (χ3n) is 3.45. The predicted molar refractivity (Wildman–Crippen MR) is 75.7 cm³/mol. The van der Waals surface area contributed by atoms with Gasteiger partial charge in [-0.15, -0.1) is 0 Å². The summed E-state index contributed by atoms with van der Waals surface area (Å²) >= 11 is 0. The molecule has 2 unspecified atom stereocenters. The van der Waals surface area contributed by atoms with E-state index in [1.807, 2.05) is 0 Å². The zero-order valence-corrected chi connectivity index (χ0v) is 12.6. The minimum Gasteiger partial charge on any atom is -0.465 e. The molecule has 1 amide bonds. The van der Waals surface area contributed by atoms with Crippen LogP contribution in [0.25, 0.3) is 0 Å². The normalized spacial score (nSPS) is 15.2. The fraction of sp³-hybridized carbons (Fsp3) is 0.533. The minimum atomic E-state index is -4.49. The Bertz CT molecular complexity index is 523. The van der Waals surface area contributed by atoms with Crippen molar-refractivity contribution in [2.75, 3.05) is 6.61 Å². The molecule has 2 atom stereocenters. The molecule has 1 aromatic carbocycles. The second kappa shape index (κ2) is 6.56. The molecule has 0 aliphatic rings. The largest absolute Gasteiger partial charge is 0.465 e. The number of hydrogen-bond donors (Lipinski definition) is 3. The van der Waals surface area contributed by atoms with Crippen molar-refractivity contribution in [3.63, 3.8) is 0 Å². The number of carboxylic acid groups (broad SMARTS) is 1. The van der Waals surface area contributed by atoms with Crippen LogP contribution in [0.15, 0.2) is 24.3 Å². The maximum atomic E-state index is 12.8. The van der Waals surface area contributed by atoms with Gasteiger partial charge in [0.15, 0.2) is 0 Å². The summed E-state index contributed by atoms with van der Waals surface area (Å²) in [6, 6.07) is 3.86. The molecular formula is C15H20F3NO3. The molecule has 0 fully saturated rings. The lowest BCUT2D eigenvalue weighted by molar-refractivity contribution is -0.137. The number of alkyl halides is 3. The summed E-state index contributed by atoms with van der Waals surface area (Å²) in [6.45, 7) is 4.79. The predicted octanol–water partition coefficient (Wildman–Crippen LogP) is 3.46. The van der Waals surface area contributed by atoms with Gasteiger partial charge in [0.05, 0.1) is 12.2 Å². The molecule has 0 saturated carbocycles. The summed E-state index contributed by atoms with van der Waals surface area (Å²) < 4.78 is 38.4. The molecular weight excluding hydrogens is 299 g/mol. The van der Waals surface area contributed by atoms with Gasteiger partial charge in [-0.2, -0.15) is 13.2 Å². The van der Waals surface area contributed by atoms with Crippen molar-refractivity contribution in [2.45, 2.75) is 38.9 Å². The van der Waals surface area contributed by atoms with Gasteiger partial charge in [0, 0.05) is 12.0 Å². The number of aliphatic hydroxyl groups is 1. The monoisotopic (exact) mass is 319 g/mol. The van der Waals surface area contributed by atoms with Crippen LogP contribution in [0, 0.1) is 5.41 Å². The van der Waals surface area contributed by atoms with Crippen molar-refractivity contribution < 1.29 is 28.2 Å². The summed E-state index contributed by atoms with van der Waals surface area (Å²) in [7, 11) is 0. The van der Waals surface area contributed by atoms with Crippen LogP contribution in [0.3, 0.4) is 0 Å². The number of aliphatic hydroxyl groups excluding tert-OH is 1. The van der Waals surface area contributed by atoms with Crippen LogP contribution in [0.1, 0.15) is 37.8 Å². The lowest BCUT2D eigenvalue weighted by Gasteiger charge is -2.36. The quantitative estimate of drug-likeness (QED) is 0.796. The average Bonchev–Trinajstić information content (AvgIpc) is 2.36. The first-order valence-corrected chi connectivity index (χ1v) is 6.74. The van der Waals surface area contributed by atoms with Crippen LogP contribution in [0.5, 0.6) is 0 Å². The maximum absolute atomic E-state index is 12.8. The van der Waals surface area contributed by atoms with Crippen molar-refractivity contribution in [3.05, 3.63) is 35.4 Å². The molecule has 0 spiro atoms. The van der Waals surface area contributed by atoms with E-state index in [1.54, 1.807) is 20.8 Å². The second-order valence-corrected chi connectivity index (χ2v) is 6.21. The van der Waals surface area contributed by atoms with Gasteiger partial charge >= 0.3 is 12.3 Å². The molecule has 7 heteroatoms. The Morgan fingerprint density at radius 1 is 1.27 bits per heavy atom. The number of nitrogens with one attached hydrogen (secondary N) is 1. The van der Waals surface area contributed by atoms with E-state index in [0.29, 0.717) is 0 Å². The Labute approximate surface area is 127 Å². The SMILES string of the molecule is CC(C)(C)C(NC(=O)O)C(CO)c1cccc(C(F)(F)F)c1. The van der Waals surface area contributed by atoms with Crippen LogP contribution >= 0.6 is 0 Å². The fourth-order valence-electron chi connectivity index (χ4n) is 2.40. The Hall–Kier alpha value is -1.76. The molecule has 124 valence electrons. The third-order valence-corrected chi connectivity index (χ3v) is 3.45. The summed E-state index contributed by atoms with van der Waals surface area (Å²) in [5.41, 5.74) is -1.17. The highest BCUT2D eigenvalue weighted by Gasteiger charge is 2.36. The highest BCUT2D eigenvalue weighted by Crippen LogP contribution is 2.35. The number of hydrogen-bond acceptors (Lipinski definition) is 2. The molecule has 1 aromatic rings. The number of carbonyl (C=O) groups is 1. The molecule has 0 bridgehead atoms. The molecule has 1 rings (SSSR count). The molecule has 0 saturated heterocycles. The van der Waals surface area contributed by atoms with Crippen molar-refractivity contribution in [1.29, 1.82) is 0 Å². The van der Waals surface area contributed by atoms with E-state index in [-0.39, 0.29) is 5.56 Å². The van der Waals surface area contributed by atoms with E-state index in [0.717, 1.165) is 12.1 Å². The Morgan fingerprint density at radius 3 is 2.27 bits per heavy atom. The highest BCUT2D eigenvalue weighted by molar-refractivity contribution is 5.65. The maximum Gasteiger partial charge on any atom is 0.416 e. The minimum absolute atomic E-state index is 0.242. The van der Waals surface area contributed by atoms with Gasteiger partial charge in [0.25, 0.3) is 0 Å². The van der Waals surface area contributed by atoms with Crippen LogP contribution in [-0.4, -0.2) is 29.0 Å². The average molecular weight is 319 g/mol. The van der Waals surface area contributed by atoms with E-state index in [2.05, 4.69) is 5.32 Å². The number of rotatable bonds is 4. The third kappa shape index (κ3) is 4.62. The van der Waals surface area contributed by atoms with Crippen LogP contribution < -0.4 is 5.32 Å². The van der Waals surface area contributed by atoms with E-state index in [1.165, 1.54) is 12.1 Å². The topological polar surface area (TPSA) is 69.6 Å². The smallest absolute Gasteiger partial charge is 0.416 e. The Kier molecular flexibility index (Phi) is 5.45. The molecule has 0 aliphatic carbocycles. The van der Waals surface area contributed by atoms with Crippen molar-refractivity contribution in [2.24, 2.45) is 5.41 Å². The lowest BCUT2D eigenvalue weighted by Crippen LogP contribution is -2.48. The first-order valence-electron chi connectivity index (χ1n) is 6.74. The van der Waals surface area contributed by atoms with Gasteiger partial charge in [-0.05, 0) is 17.0 Å². The molecule has 0 aromatic heterocycles. The standard InChI is InChI=1S/C15H20F3NO3/c1-14(2,3)12(19-13(21)22)11(8-20)9-5-4-6-10(7-9)15(16,17)18/h4-7,11-12,19-20H,8H2,1-3H3,(H,21,22). The van der Waals surface area contributed by atoms with Gasteiger partial charge in [0.2, 0.25) is 0 Å². The van der Waals surface area contributed by atoms with E-state index < -0.39 is 41.8 Å². The fourth-order valence-corrected chi connectivity index (χ4v) is 2.40. The number of halogens is 3. The van der Waals surface area contributed by atoms with Gasteiger partial charge in [0.1, 0.15) is 0 Å². The summed E-state index contributed by atoms with van der Waals surface area (Å²) in [4.78, 5) is 11.0. The van der Waals surface area contributed by atoms with E-state index >= 15 is 0 Å². The molecule has 0 aliphatic heterocycles. The zero-order chi connectivity index (χ0) is 17.1. The van der Waals surface area contributed by atoms with Crippen LogP contribution in [0.2, 0.25) is 0 Å². The van der Waals surface area contributed by atoms with E-state index in [9.17, 15) is 23.1 Å².